The average molecular weight is 410 g/mol. The minimum absolute atomic E-state index is 0.0148. The number of benzene rings is 2. The van der Waals surface area contributed by atoms with E-state index in [4.69, 9.17) is 4.74 Å². The first-order valence-electron chi connectivity index (χ1n) is 10.6. The van der Waals surface area contributed by atoms with Crippen molar-refractivity contribution >= 4 is 17.5 Å². The molecular formula is C24H31N3O3. The molecule has 0 bridgehead atoms. The first-order chi connectivity index (χ1) is 14.5. The summed E-state index contributed by atoms with van der Waals surface area (Å²) in [5.41, 5.74) is 3.01. The van der Waals surface area contributed by atoms with Gasteiger partial charge in [-0.2, -0.15) is 0 Å². The number of hydrogen-bond acceptors (Lipinski definition) is 4. The summed E-state index contributed by atoms with van der Waals surface area (Å²) in [6.45, 7) is 8.83. The first kappa shape index (κ1) is 21.8. The van der Waals surface area contributed by atoms with Crippen LogP contribution in [0, 0.1) is 13.8 Å². The van der Waals surface area contributed by atoms with E-state index in [-0.39, 0.29) is 11.8 Å². The zero-order chi connectivity index (χ0) is 21.5. The van der Waals surface area contributed by atoms with Gasteiger partial charge in [0.2, 0.25) is 5.91 Å². The lowest BCUT2D eigenvalue weighted by molar-refractivity contribution is -0.140. The maximum absolute atomic E-state index is 12.9. The number of nitrogens with one attached hydrogen (secondary N) is 1. The van der Waals surface area contributed by atoms with Crippen molar-refractivity contribution in [2.45, 2.75) is 33.3 Å². The molecule has 3 rings (SSSR count). The number of piperazine rings is 1. The highest BCUT2D eigenvalue weighted by Gasteiger charge is 2.28. The number of para-hydroxylation sites is 2. The van der Waals surface area contributed by atoms with Gasteiger partial charge < -0.3 is 15.0 Å². The molecule has 2 amide bonds. The molecule has 2 aromatic carbocycles. The highest BCUT2D eigenvalue weighted by molar-refractivity contribution is 5.93. The molecule has 0 unspecified atom stereocenters. The normalized spacial score (nSPS) is 15.5. The van der Waals surface area contributed by atoms with Crippen molar-refractivity contribution in [1.82, 2.24) is 9.80 Å². The number of amides is 2. The molecule has 1 aliphatic heterocycles. The summed E-state index contributed by atoms with van der Waals surface area (Å²) in [5, 5.41) is 3.03. The van der Waals surface area contributed by atoms with Gasteiger partial charge in [-0.25, -0.2) is 0 Å². The predicted octanol–water partition coefficient (Wildman–Crippen LogP) is 3.24. The Morgan fingerprint density at radius 3 is 2.20 bits per heavy atom. The van der Waals surface area contributed by atoms with E-state index in [2.05, 4.69) is 10.2 Å². The van der Waals surface area contributed by atoms with E-state index in [0.717, 1.165) is 16.8 Å². The molecule has 2 aromatic rings. The van der Waals surface area contributed by atoms with Crippen LogP contribution in [0.2, 0.25) is 0 Å². The molecule has 1 atom stereocenters. The van der Waals surface area contributed by atoms with Crippen LogP contribution in [0.15, 0.2) is 48.5 Å². The van der Waals surface area contributed by atoms with Crippen LogP contribution >= 0.6 is 0 Å². The van der Waals surface area contributed by atoms with Crippen molar-refractivity contribution in [3.8, 4) is 5.75 Å². The Morgan fingerprint density at radius 2 is 1.60 bits per heavy atom. The molecule has 1 fully saturated rings. The Kier molecular flexibility index (Phi) is 7.46. The number of ether oxygens (including phenoxy) is 1. The molecular weight excluding hydrogens is 378 g/mol. The van der Waals surface area contributed by atoms with Gasteiger partial charge in [-0.3, -0.25) is 14.5 Å². The van der Waals surface area contributed by atoms with Crippen LogP contribution < -0.4 is 10.1 Å². The highest BCUT2D eigenvalue weighted by Crippen LogP contribution is 2.19. The van der Waals surface area contributed by atoms with Gasteiger partial charge in [0.15, 0.2) is 6.10 Å². The van der Waals surface area contributed by atoms with Crippen molar-refractivity contribution in [1.29, 1.82) is 0 Å². The van der Waals surface area contributed by atoms with Crippen LogP contribution in [0.4, 0.5) is 5.69 Å². The fourth-order valence-electron chi connectivity index (χ4n) is 3.70. The van der Waals surface area contributed by atoms with Gasteiger partial charge in [0, 0.05) is 31.9 Å². The Morgan fingerprint density at radius 1 is 0.967 bits per heavy atom. The lowest BCUT2D eigenvalue weighted by Gasteiger charge is -2.36. The fraction of sp³-hybridized carbons (Fsp3) is 0.417. The number of hydrogen-bond donors (Lipinski definition) is 1. The van der Waals surface area contributed by atoms with E-state index in [9.17, 15) is 9.59 Å². The summed E-state index contributed by atoms with van der Waals surface area (Å²) >= 11 is 0. The zero-order valence-electron chi connectivity index (χ0n) is 18.1. The number of carbonyl (C=O) groups excluding carboxylic acids is 2. The summed E-state index contributed by atoms with van der Waals surface area (Å²) in [6.07, 6.45) is 0.137. The van der Waals surface area contributed by atoms with E-state index < -0.39 is 6.10 Å². The number of nitrogens with zero attached hydrogens (tertiary/aromatic N) is 2. The zero-order valence-corrected chi connectivity index (χ0v) is 18.1. The molecule has 0 aromatic heterocycles. The molecule has 1 saturated heterocycles. The molecule has 0 saturated carbocycles. The molecule has 160 valence electrons. The third-order valence-electron chi connectivity index (χ3n) is 5.46. The summed E-state index contributed by atoms with van der Waals surface area (Å²) < 4.78 is 5.89. The Hall–Kier alpha value is -2.86. The molecule has 0 spiro atoms. The molecule has 1 N–H and O–H groups in total. The average Bonchev–Trinajstić information content (AvgIpc) is 2.75. The van der Waals surface area contributed by atoms with Crippen LogP contribution in [0.25, 0.3) is 0 Å². The van der Waals surface area contributed by atoms with Gasteiger partial charge >= 0.3 is 0 Å². The minimum Gasteiger partial charge on any atom is -0.481 e. The lowest BCUT2D eigenvalue weighted by Crippen LogP contribution is -2.53. The SMILES string of the molecule is CC[C@@H](Oc1ccccc1)C(=O)N1CCN(CC(=O)Nc2c(C)cccc2C)CC1. The van der Waals surface area contributed by atoms with Crippen molar-refractivity contribution in [3.05, 3.63) is 59.7 Å². The molecule has 1 heterocycles. The topological polar surface area (TPSA) is 61.9 Å². The summed E-state index contributed by atoms with van der Waals surface area (Å²) in [6, 6.07) is 15.4. The summed E-state index contributed by atoms with van der Waals surface area (Å²) in [4.78, 5) is 29.3. The highest BCUT2D eigenvalue weighted by atomic mass is 16.5. The minimum atomic E-state index is -0.480. The standard InChI is InChI=1S/C24H31N3O3/c1-4-21(30-20-11-6-5-7-12-20)24(29)27-15-13-26(14-16-27)17-22(28)25-23-18(2)9-8-10-19(23)3/h5-12,21H,4,13-17H2,1-3H3,(H,25,28)/t21-/m1/s1. The maximum atomic E-state index is 12.9. The molecule has 0 aliphatic carbocycles. The maximum Gasteiger partial charge on any atom is 0.263 e. The molecule has 1 aliphatic rings. The Bertz CT molecular complexity index is 841. The monoisotopic (exact) mass is 409 g/mol. The first-order valence-corrected chi connectivity index (χ1v) is 10.6. The van der Waals surface area contributed by atoms with Crippen LogP contribution in [-0.4, -0.2) is 60.4 Å². The third kappa shape index (κ3) is 5.60. The second-order valence-corrected chi connectivity index (χ2v) is 7.74. The smallest absolute Gasteiger partial charge is 0.263 e. The van der Waals surface area contributed by atoms with Crippen molar-refractivity contribution in [3.63, 3.8) is 0 Å². The quantitative estimate of drug-likeness (QED) is 0.763. The van der Waals surface area contributed by atoms with Gasteiger partial charge in [-0.05, 0) is 43.5 Å². The third-order valence-corrected chi connectivity index (χ3v) is 5.46. The molecule has 0 radical (unpaired) electrons. The van der Waals surface area contributed by atoms with E-state index in [1.807, 2.05) is 74.2 Å². The number of anilines is 1. The van der Waals surface area contributed by atoms with Gasteiger partial charge in [0.05, 0.1) is 6.54 Å². The van der Waals surface area contributed by atoms with Crippen LogP contribution in [0.3, 0.4) is 0 Å². The van der Waals surface area contributed by atoms with Crippen LogP contribution in [0.1, 0.15) is 24.5 Å². The second kappa shape index (κ2) is 10.3. The Labute approximate surface area is 178 Å². The summed E-state index contributed by atoms with van der Waals surface area (Å²) in [7, 11) is 0. The van der Waals surface area contributed by atoms with Crippen molar-refractivity contribution < 1.29 is 14.3 Å². The van der Waals surface area contributed by atoms with Crippen molar-refractivity contribution in [2.24, 2.45) is 0 Å². The number of rotatable bonds is 7. The predicted molar refractivity (Wildman–Crippen MR) is 119 cm³/mol. The van der Waals surface area contributed by atoms with Gasteiger partial charge in [0.25, 0.3) is 5.91 Å². The largest absolute Gasteiger partial charge is 0.481 e. The van der Waals surface area contributed by atoms with Crippen LogP contribution in [0.5, 0.6) is 5.75 Å². The van der Waals surface area contributed by atoms with Gasteiger partial charge in [-0.15, -0.1) is 0 Å². The van der Waals surface area contributed by atoms with E-state index in [0.29, 0.717) is 44.9 Å². The second-order valence-electron chi connectivity index (χ2n) is 7.74. The van der Waals surface area contributed by atoms with Crippen LogP contribution in [-0.2, 0) is 9.59 Å². The lowest BCUT2D eigenvalue weighted by atomic mass is 10.1. The van der Waals surface area contributed by atoms with Gasteiger partial charge in [-0.1, -0.05) is 43.3 Å². The van der Waals surface area contributed by atoms with Crippen molar-refractivity contribution in [2.75, 3.05) is 38.0 Å². The molecule has 6 nitrogen and oxygen atoms in total. The van der Waals surface area contributed by atoms with E-state index in [1.54, 1.807) is 0 Å². The van der Waals surface area contributed by atoms with E-state index in [1.165, 1.54) is 0 Å². The van der Waals surface area contributed by atoms with E-state index >= 15 is 0 Å². The fourth-order valence-corrected chi connectivity index (χ4v) is 3.70. The molecule has 6 heteroatoms. The number of carbonyl (C=O) groups is 2. The number of aryl methyl sites for hydroxylation is 2. The molecule has 30 heavy (non-hydrogen) atoms. The Balaban J connectivity index is 1.49. The summed E-state index contributed by atoms with van der Waals surface area (Å²) in [5.74, 6) is 0.700. The van der Waals surface area contributed by atoms with Gasteiger partial charge in [0.1, 0.15) is 5.75 Å².